The van der Waals surface area contributed by atoms with E-state index in [0.717, 1.165) is 21.6 Å². The van der Waals surface area contributed by atoms with Crippen molar-refractivity contribution in [1.29, 1.82) is 0 Å². The minimum absolute atomic E-state index is 0.438. The number of nitrogens with zero attached hydrogens (tertiary/aromatic N) is 3. The van der Waals surface area contributed by atoms with Gasteiger partial charge in [-0.1, -0.05) is 0 Å². The summed E-state index contributed by atoms with van der Waals surface area (Å²) < 4.78 is 0. The number of rotatable bonds is 4. The van der Waals surface area contributed by atoms with Gasteiger partial charge in [0.1, 0.15) is 10.6 Å². The largest absolute Gasteiger partial charge is 0.392 e. The van der Waals surface area contributed by atoms with Gasteiger partial charge in [-0.25, -0.2) is 9.97 Å². The third kappa shape index (κ3) is 2.80. The van der Waals surface area contributed by atoms with E-state index in [4.69, 9.17) is 0 Å². The molecule has 3 heterocycles. The van der Waals surface area contributed by atoms with E-state index in [-0.39, 0.29) is 0 Å². The Morgan fingerprint density at radius 1 is 1.32 bits per heavy atom. The highest BCUT2D eigenvalue weighted by atomic mass is 32.1. The molecule has 3 aromatic heterocycles. The Morgan fingerprint density at radius 2 is 2.14 bits per heavy atom. The van der Waals surface area contributed by atoms with Crippen LogP contribution < -0.4 is 5.32 Å². The lowest BCUT2D eigenvalue weighted by atomic mass is 10.2. The Bertz CT molecular complexity index is 799. The van der Waals surface area contributed by atoms with Crippen LogP contribution in [0, 0.1) is 13.8 Å². The van der Waals surface area contributed by atoms with Crippen LogP contribution >= 0.6 is 11.3 Å². The summed E-state index contributed by atoms with van der Waals surface area (Å²) in [6.07, 6.45) is 3.05. The number of hydrogen-bond donors (Lipinski definition) is 2. The van der Waals surface area contributed by atoms with Crippen LogP contribution in [-0.4, -0.2) is 32.7 Å². The van der Waals surface area contributed by atoms with Crippen LogP contribution in [0.5, 0.6) is 0 Å². The number of aliphatic hydroxyl groups is 1. The van der Waals surface area contributed by atoms with E-state index in [2.05, 4.69) is 34.1 Å². The van der Waals surface area contributed by atoms with E-state index < -0.39 is 6.10 Å². The predicted molar refractivity (Wildman–Crippen MR) is 90.3 cm³/mol. The first-order chi connectivity index (χ1) is 10.6. The molecule has 0 amide bonds. The number of pyridine rings is 1. The van der Waals surface area contributed by atoms with Crippen LogP contribution in [0.15, 0.2) is 24.5 Å². The summed E-state index contributed by atoms with van der Waals surface area (Å²) in [5.41, 5.74) is 2.07. The van der Waals surface area contributed by atoms with Gasteiger partial charge in [0.2, 0.25) is 0 Å². The minimum Gasteiger partial charge on any atom is -0.392 e. The molecular weight excluding hydrogens is 296 g/mol. The monoisotopic (exact) mass is 314 g/mol. The van der Waals surface area contributed by atoms with E-state index in [1.165, 1.54) is 10.4 Å². The number of nitrogens with one attached hydrogen (secondary N) is 1. The quantitative estimate of drug-likeness (QED) is 0.774. The zero-order valence-electron chi connectivity index (χ0n) is 12.8. The van der Waals surface area contributed by atoms with Crippen molar-refractivity contribution in [2.45, 2.75) is 26.9 Å². The molecule has 0 unspecified atom stereocenters. The molecule has 22 heavy (non-hydrogen) atoms. The molecule has 0 fully saturated rings. The molecule has 114 valence electrons. The fourth-order valence-corrected chi connectivity index (χ4v) is 3.28. The summed E-state index contributed by atoms with van der Waals surface area (Å²) in [6, 6.07) is 3.82. The second-order valence-corrected chi connectivity index (χ2v) is 6.53. The molecule has 0 aliphatic rings. The number of hydrogen-bond acceptors (Lipinski definition) is 6. The van der Waals surface area contributed by atoms with Gasteiger partial charge in [-0.05, 0) is 38.5 Å². The standard InChI is InChI=1S/C16H18N4OS/c1-9(21)7-18-15-13-10(2)11(3)22-16(13)20-14(19-15)12-5-4-6-17-8-12/h4-6,8-9,21H,7H2,1-3H3,(H,18,19,20)/t9-/m1/s1. The number of aryl methyl sites for hydroxylation is 2. The van der Waals surface area contributed by atoms with Gasteiger partial charge in [0.05, 0.1) is 11.5 Å². The second-order valence-electron chi connectivity index (χ2n) is 5.33. The maximum Gasteiger partial charge on any atom is 0.164 e. The van der Waals surface area contributed by atoms with Gasteiger partial charge in [0, 0.05) is 29.4 Å². The third-order valence-electron chi connectivity index (χ3n) is 3.51. The first-order valence-corrected chi connectivity index (χ1v) is 7.98. The van der Waals surface area contributed by atoms with Crippen LogP contribution in [0.2, 0.25) is 0 Å². The topological polar surface area (TPSA) is 70.9 Å². The van der Waals surface area contributed by atoms with Crippen LogP contribution in [0.3, 0.4) is 0 Å². The Morgan fingerprint density at radius 3 is 2.82 bits per heavy atom. The molecule has 0 aromatic carbocycles. The highest BCUT2D eigenvalue weighted by Crippen LogP contribution is 2.34. The van der Waals surface area contributed by atoms with Gasteiger partial charge in [0.25, 0.3) is 0 Å². The van der Waals surface area contributed by atoms with Crippen LogP contribution in [0.25, 0.3) is 21.6 Å². The average molecular weight is 314 g/mol. The van der Waals surface area contributed by atoms with Gasteiger partial charge in [-0.3, -0.25) is 4.98 Å². The summed E-state index contributed by atoms with van der Waals surface area (Å²) in [4.78, 5) is 15.6. The normalized spacial score (nSPS) is 12.5. The summed E-state index contributed by atoms with van der Waals surface area (Å²) >= 11 is 1.66. The molecule has 0 aliphatic heterocycles. The van der Waals surface area contributed by atoms with Crippen molar-refractivity contribution in [1.82, 2.24) is 15.0 Å². The maximum absolute atomic E-state index is 9.53. The lowest BCUT2D eigenvalue weighted by Gasteiger charge is -2.11. The van der Waals surface area contributed by atoms with E-state index in [9.17, 15) is 5.11 Å². The molecule has 3 rings (SSSR count). The fourth-order valence-electron chi connectivity index (χ4n) is 2.25. The molecule has 0 radical (unpaired) electrons. The molecule has 0 aliphatic carbocycles. The molecule has 2 N–H and O–H groups in total. The van der Waals surface area contributed by atoms with E-state index in [1.807, 2.05) is 12.1 Å². The Labute approximate surface area is 133 Å². The Balaban J connectivity index is 2.16. The third-order valence-corrected chi connectivity index (χ3v) is 4.61. The summed E-state index contributed by atoms with van der Waals surface area (Å²) in [7, 11) is 0. The van der Waals surface area contributed by atoms with Crippen LogP contribution in [-0.2, 0) is 0 Å². The van der Waals surface area contributed by atoms with Crippen molar-refractivity contribution >= 4 is 27.4 Å². The second kappa shape index (κ2) is 5.98. The van der Waals surface area contributed by atoms with Gasteiger partial charge in [-0.2, -0.15) is 0 Å². The summed E-state index contributed by atoms with van der Waals surface area (Å²) in [5.74, 6) is 1.42. The maximum atomic E-state index is 9.53. The first-order valence-electron chi connectivity index (χ1n) is 7.16. The predicted octanol–water partition coefficient (Wildman–Crippen LogP) is 3.16. The average Bonchev–Trinajstić information content (AvgIpc) is 2.80. The van der Waals surface area contributed by atoms with Crippen molar-refractivity contribution in [2.24, 2.45) is 0 Å². The summed E-state index contributed by atoms with van der Waals surface area (Å²) in [5, 5.41) is 13.8. The van der Waals surface area contributed by atoms with Crippen molar-refractivity contribution in [3.63, 3.8) is 0 Å². The van der Waals surface area contributed by atoms with Crippen molar-refractivity contribution in [3.8, 4) is 11.4 Å². The van der Waals surface area contributed by atoms with E-state index in [1.54, 1.807) is 30.7 Å². The minimum atomic E-state index is -0.438. The number of aromatic nitrogens is 3. The zero-order chi connectivity index (χ0) is 15.7. The van der Waals surface area contributed by atoms with Crippen LogP contribution in [0.4, 0.5) is 5.82 Å². The molecule has 0 bridgehead atoms. The fraction of sp³-hybridized carbons (Fsp3) is 0.312. The number of aliphatic hydroxyl groups excluding tert-OH is 1. The van der Waals surface area contributed by atoms with E-state index >= 15 is 0 Å². The lowest BCUT2D eigenvalue weighted by Crippen LogP contribution is -2.16. The zero-order valence-corrected chi connectivity index (χ0v) is 13.6. The molecule has 3 aromatic rings. The molecule has 1 atom stereocenters. The first kappa shape index (κ1) is 14.9. The van der Waals surface area contributed by atoms with Crippen LogP contribution in [0.1, 0.15) is 17.4 Å². The van der Waals surface area contributed by atoms with Gasteiger partial charge in [0.15, 0.2) is 5.82 Å². The molecule has 0 saturated carbocycles. The Kier molecular flexibility index (Phi) is 4.04. The number of anilines is 1. The SMILES string of the molecule is Cc1sc2nc(-c3cccnc3)nc(NC[C@@H](C)O)c2c1C. The van der Waals surface area contributed by atoms with Crippen molar-refractivity contribution in [2.75, 3.05) is 11.9 Å². The van der Waals surface area contributed by atoms with E-state index in [0.29, 0.717) is 12.4 Å². The highest BCUT2D eigenvalue weighted by molar-refractivity contribution is 7.18. The molecule has 6 heteroatoms. The highest BCUT2D eigenvalue weighted by Gasteiger charge is 2.15. The van der Waals surface area contributed by atoms with Gasteiger partial charge in [-0.15, -0.1) is 11.3 Å². The molecule has 0 spiro atoms. The van der Waals surface area contributed by atoms with Crippen molar-refractivity contribution < 1.29 is 5.11 Å². The van der Waals surface area contributed by atoms with Crippen molar-refractivity contribution in [3.05, 3.63) is 35.0 Å². The molecular formula is C16H18N4OS. The summed E-state index contributed by atoms with van der Waals surface area (Å²) in [6.45, 7) is 6.37. The number of fused-ring (bicyclic) bond motifs is 1. The Hall–Kier alpha value is -2.05. The number of thiophene rings is 1. The smallest absolute Gasteiger partial charge is 0.164 e. The lowest BCUT2D eigenvalue weighted by molar-refractivity contribution is 0.208. The van der Waals surface area contributed by atoms with Gasteiger partial charge >= 0.3 is 0 Å². The molecule has 0 saturated heterocycles. The van der Waals surface area contributed by atoms with Gasteiger partial charge < -0.3 is 10.4 Å². The molecule has 5 nitrogen and oxygen atoms in total.